The third kappa shape index (κ3) is 4.00. The van der Waals surface area contributed by atoms with E-state index in [1.165, 1.54) is 0 Å². The number of allylic oxidation sites excluding steroid dienone is 1. The highest BCUT2D eigenvalue weighted by Gasteiger charge is 2.35. The van der Waals surface area contributed by atoms with Crippen LogP contribution in [0, 0.1) is 5.92 Å². The predicted molar refractivity (Wildman–Crippen MR) is 73.8 cm³/mol. The first-order chi connectivity index (χ1) is 9.07. The molecule has 0 aromatic heterocycles. The molecule has 0 bridgehead atoms. The van der Waals surface area contributed by atoms with E-state index in [1.807, 2.05) is 19.1 Å². The molecule has 1 unspecified atom stereocenters. The molecule has 2 N–H and O–H groups in total. The number of rotatable bonds is 2. The summed E-state index contributed by atoms with van der Waals surface area (Å²) in [4.78, 5) is 11.6. The molecule has 0 amide bonds. The average Bonchev–Trinajstić information content (AvgIpc) is 2.40. The number of hydrogen-bond donors (Lipinski definition) is 2. The van der Waals surface area contributed by atoms with Crippen molar-refractivity contribution >= 4 is 5.78 Å². The molecule has 0 aromatic carbocycles. The monoisotopic (exact) mass is 268 g/mol. The van der Waals surface area contributed by atoms with E-state index in [9.17, 15) is 9.90 Å². The van der Waals surface area contributed by atoms with E-state index in [1.54, 1.807) is 6.92 Å². The Bertz CT molecular complexity index is 370. The number of fused-ring (bicyclic) bond motifs is 1. The fourth-order valence-electron chi connectivity index (χ4n) is 2.40. The maximum absolute atomic E-state index is 11.6. The number of carbonyl (C=O) groups is 1. The first-order valence-electron chi connectivity index (χ1n) is 6.86. The molecular formula is C15H24O4. The van der Waals surface area contributed by atoms with Crippen LogP contribution >= 0.6 is 0 Å². The van der Waals surface area contributed by atoms with Gasteiger partial charge in [0.2, 0.25) is 0 Å². The van der Waals surface area contributed by atoms with Crippen molar-refractivity contribution in [3.63, 3.8) is 0 Å². The summed E-state index contributed by atoms with van der Waals surface area (Å²) in [6, 6.07) is 0. The van der Waals surface area contributed by atoms with Crippen LogP contribution in [-0.2, 0) is 9.53 Å². The van der Waals surface area contributed by atoms with Crippen LogP contribution in [0.4, 0.5) is 0 Å². The minimum atomic E-state index is -0.0326. The van der Waals surface area contributed by atoms with Gasteiger partial charge >= 0.3 is 0 Å². The second kappa shape index (κ2) is 7.58. The molecular weight excluding hydrogens is 244 g/mol. The number of carbonyl (C=O) groups excluding carboxylic acids is 1. The molecule has 108 valence electrons. The van der Waals surface area contributed by atoms with Crippen LogP contribution in [0.1, 0.15) is 33.6 Å². The van der Waals surface area contributed by atoms with Gasteiger partial charge in [-0.05, 0) is 37.5 Å². The van der Waals surface area contributed by atoms with Gasteiger partial charge in [-0.1, -0.05) is 13.0 Å². The van der Waals surface area contributed by atoms with Crippen LogP contribution < -0.4 is 0 Å². The summed E-state index contributed by atoms with van der Waals surface area (Å²) in [6.07, 6.45) is 5.28. The van der Waals surface area contributed by atoms with Crippen molar-refractivity contribution in [1.29, 1.82) is 0 Å². The Hall–Kier alpha value is -0.970. The Kier molecular flexibility index (Phi) is 6.42. The zero-order valence-electron chi connectivity index (χ0n) is 11.9. The zero-order valence-corrected chi connectivity index (χ0v) is 11.9. The quantitative estimate of drug-likeness (QED) is 0.747. The van der Waals surface area contributed by atoms with E-state index in [-0.39, 0.29) is 37.1 Å². The van der Waals surface area contributed by atoms with Gasteiger partial charge in [-0.25, -0.2) is 0 Å². The Balaban J connectivity index is 0.000000550. The summed E-state index contributed by atoms with van der Waals surface area (Å²) in [7, 11) is 0. The minimum absolute atomic E-state index is 0.0290. The molecule has 0 saturated heterocycles. The van der Waals surface area contributed by atoms with Gasteiger partial charge in [-0.3, -0.25) is 4.79 Å². The number of aliphatic hydroxyl groups is 2. The summed E-state index contributed by atoms with van der Waals surface area (Å²) in [6.45, 7) is 5.85. The van der Waals surface area contributed by atoms with Crippen LogP contribution in [0.3, 0.4) is 0 Å². The SMILES string of the molecule is CCC1C=C(CO)[C@H]2CC(=O)C(C)=C[C@H]2O1.CCO. The summed E-state index contributed by atoms with van der Waals surface area (Å²) >= 11 is 0. The summed E-state index contributed by atoms with van der Waals surface area (Å²) in [5.41, 5.74) is 1.75. The normalized spacial score (nSPS) is 29.7. The van der Waals surface area contributed by atoms with Crippen molar-refractivity contribution < 1.29 is 19.7 Å². The number of Topliss-reactive ketones (excluding diaryl/α,β-unsaturated/α-hetero) is 1. The van der Waals surface area contributed by atoms with Gasteiger partial charge in [0.15, 0.2) is 5.78 Å². The topological polar surface area (TPSA) is 66.8 Å². The maximum atomic E-state index is 11.6. The first-order valence-corrected chi connectivity index (χ1v) is 6.86. The lowest BCUT2D eigenvalue weighted by Gasteiger charge is -2.36. The van der Waals surface area contributed by atoms with Crippen LogP contribution in [0.5, 0.6) is 0 Å². The molecule has 0 saturated carbocycles. The highest BCUT2D eigenvalue weighted by molar-refractivity contribution is 5.96. The number of aliphatic hydroxyl groups excluding tert-OH is 2. The van der Waals surface area contributed by atoms with Crippen molar-refractivity contribution in [1.82, 2.24) is 0 Å². The van der Waals surface area contributed by atoms with Crippen molar-refractivity contribution in [2.45, 2.75) is 45.8 Å². The lowest BCUT2D eigenvalue weighted by atomic mass is 9.79. The van der Waals surface area contributed by atoms with Crippen molar-refractivity contribution in [3.8, 4) is 0 Å². The van der Waals surface area contributed by atoms with Crippen LogP contribution in [0.15, 0.2) is 23.3 Å². The van der Waals surface area contributed by atoms with E-state index in [0.29, 0.717) is 6.42 Å². The third-order valence-corrected chi connectivity index (χ3v) is 3.45. The van der Waals surface area contributed by atoms with Crippen molar-refractivity contribution in [2.24, 2.45) is 5.92 Å². The van der Waals surface area contributed by atoms with Crippen molar-refractivity contribution in [3.05, 3.63) is 23.3 Å². The summed E-state index contributed by atoms with van der Waals surface area (Å²) in [5, 5.41) is 16.9. The summed E-state index contributed by atoms with van der Waals surface area (Å²) in [5.74, 6) is 0.211. The van der Waals surface area contributed by atoms with E-state index in [2.05, 4.69) is 6.92 Å². The molecule has 3 atom stereocenters. The molecule has 4 nitrogen and oxygen atoms in total. The van der Waals surface area contributed by atoms with Gasteiger partial charge in [0.25, 0.3) is 0 Å². The van der Waals surface area contributed by atoms with Gasteiger partial charge < -0.3 is 14.9 Å². The van der Waals surface area contributed by atoms with E-state index in [4.69, 9.17) is 9.84 Å². The molecule has 1 aliphatic carbocycles. The molecule has 19 heavy (non-hydrogen) atoms. The smallest absolute Gasteiger partial charge is 0.159 e. The van der Waals surface area contributed by atoms with Gasteiger partial charge in [0.05, 0.1) is 18.8 Å². The number of ether oxygens (including phenoxy) is 1. The minimum Gasteiger partial charge on any atom is -0.397 e. The number of ketones is 1. The molecule has 0 aromatic rings. The van der Waals surface area contributed by atoms with Crippen molar-refractivity contribution in [2.75, 3.05) is 13.2 Å². The average molecular weight is 268 g/mol. The fraction of sp³-hybridized carbons (Fsp3) is 0.667. The Morgan fingerprint density at radius 2 is 1.95 bits per heavy atom. The van der Waals surface area contributed by atoms with E-state index < -0.39 is 0 Å². The molecule has 1 heterocycles. The van der Waals surface area contributed by atoms with Gasteiger partial charge in [-0.2, -0.15) is 0 Å². The third-order valence-electron chi connectivity index (χ3n) is 3.45. The van der Waals surface area contributed by atoms with Crippen LogP contribution in [0.2, 0.25) is 0 Å². The fourth-order valence-corrected chi connectivity index (χ4v) is 2.40. The first kappa shape index (κ1) is 16.1. The predicted octanol–water partition coefficient (Wildman–Crippen LogP) is 1.62. The van der Waals surface area contributed by atoms with Gasteiger partial charge in [-0.15, -0.1) is 0 Å². The highest BCUT2D eigenvalue weighted by atomic mass is 16.5. The lowest BCUT2D eigenvalue weighted by Crippen LogP contribution is -2.38. The Morgan fingerprint density at radius 1 is 1.32 bits per heavy atom. The van der Waals surface area contributed by atoms with Crippen LogP contribution in [-0.4, -0.2) is 41.4 Å². The molecule has 1 aliphatic heterocycles. The van der Waals surface area contributed by atoms with E-state index in [0.717, 1.165) is 17.6 Å². The molecule has 2 rings (SSSR count). The second-order valence-corrected chi connectivity index (χ2v) is 4.85. The largest absolute Gasteiger partial charge is 0.397 e. The molecule has 4 heteroatoms. The Morgan fingerprint density at radius 3 is 2.47 bits per heavy atom. The maximum Gasteiger partial charge on any atom is 0.159 e. The van der Waals surface area contributed by atoms with Gasteiger partial charge in [0.1, 0.15) is 0 Å². The van der Waals surface area contributed by atoms with E-state index >= 15 is 0 Å². The summed E-state index contributed by atoms with van der Waals surface area (Å²) < 4.78 is 5.87. The molecule has 2 aliphatic rings. The zero-order chi connectivity index (χ0) is 14.4. The standard InChI is InChI=1S/C13H18O3.C2H6O/c1-3-10-5-9(7-14)11-6-12(15)8(2)4-13(11)16-10;1-2-3/h4-5,10-11,13-14H,3,6-7H2,1-2H3;3H,2H2,1H3/t10?,11-,13-;/m1./s1. The Labute approximate surface area is 114 Å². The molecule has 0 spiro atoms. The molecule has 0 fully saturated rings. The highest BCUT2D eigenvalue weighted by Crippen LogP contribution is 2.34. The number of hydrogen-bond acceptors (Lipinski definition) is 4. The molecule has 0 radical (unpaired) electrons. The second-order valence-electron chi connectivity index (χ2n) is 4.85. The van der Waals surface area contributed by atoms with Gasteiger partial charge in [0, 0.05) is 18.9 Å². The lowest BCUT2D eigenvalue weighted by molar-refractivity contribution is -0.119. The van der Waals surface area contributed by atoms with Crippen LogP contribution in [0.25, 0.3) is 0 Å².